The SMILES string of the molecule is NC(=O)N1CCC[C@@H](C(=O)N(Cc2ccco2)Cc2ccco2)C1. The van der Waals surface area contributed by atoms with Crippen molar-refractivity contribution in [2.45, 2.75) is 25.9 Å². The van der Waals surface area contributed by atoms with Gasteiger partial charge in [-0.1, -0.05) is 0 Å². The zero-order valence-corrected chi connectivity index (χ0v) is 13.4. The van der Waals surface area contributed by atoms with Gasteiger partial charge in [0.2, 0.25) is 5.91 Å². The number of carbonyl (C=O) groups is 2. The minimum absolute atomic E-state index is 0.0197. The maximum Gasteiger partial charge on any atom is 0.314 e. The topological polar surface area (TPSA) is 92.9 Å². The molecule has 1 aliphatic rings. The molecule has 0 radical (unpaired) electrons. The molecule has 0 spiro atoms. The van der Waals surface area contributed by atoms with Crippen molar-refractivity contribution in [1.29, 1.82) is 0 Å². The zero-order valence-electron chi connectivity index (χ0n) is 13.4. The molecular weight excluding hydrogens is 310 g/mol. The van der Waals surface area contributed by atoms with Crippen molar-refractivity contribution in [2.75, 3.05) is 13.1 Å². The van der Waals surface area contributed by atoms with Gasteiger partial charge in [0.1, 0.15) is 11.5 Å². The van der Waals surface area contributed by atoms with Gasteiger partial charge in [-0.15, -0.1) is 0 Å². The van der Waals surface area contributed by atoms with Crippen LogP contribution in [0.5, 0.6) is 0 Å². The van der Waals surface area contributed by atoms with E-state index in [-0.39, 0.29) is 11.8 Å². The van der Waals surface area contributed by atoms with Crippen LogP contribution in [0.25, 0.3) is 0 Å². The third kappa shape index (κ3) is 3.79. The predicted octanol–water partition coefficient (Wildman–Crippen LogP) is 2.19. The first-order valence-corrected chi connectivity index (χ1v) is 8.01. The van der Waals surface area contributed by atoms with Gasteiger partial charge in [0.05, 0.1) is 31.5 Å². The molecule has 1 atom stereocenters. The van der Waals surface area contributed by atoms with Gasteiger partial charge in [-0.25, -0.2) is 4.79 Å². The Morgan fingerprint density at radius 3 is 2.29 bits per heavy atom. The number of carbonyl (C=O) groups excluding carboxylic acids is 2. The van der Waals surface area contributed by atoms with Crippen LogP contribution in [0, 0.1) is 5.92 Å². The molecule has 1 saturated heterocycles. The molecule has 0 bridgehead atoms. The summed E-state index contributed by atoms with van der Waals surface area (Å²) in [7, 11) is 0. The molecule has 0 saturated carbocycles. The Hall–Kier alpha value is -2.70. The van der Waals surface area contributed by atoms with Crippen LogP contribution in [0.1, 0.15) is 24.4 Å². The average molecular weight is 331 g/mol. The number of primary amides is 1. The summed E-state index contributed by atoms with van der Waals surface area (Å²) in [5.74, 6) is 1.14. The van der Waals surface area contributed by atoms with Crippen molar-refractivity contribution < 1.29 is 18.4 Å². The molecule has 2 N–H and O–H groups in total. The summed E-state index contributed by atoms with van der Waals surface area (Å²) < 4.78 is 10.7. The molecule has 0 aromatic carbocycles. The lowest BCUT2D eigenvalue weighted by Gasteiger charge is -2.33. The van der Waals surface area contributed by atoms with Gasteiger partial charge in [0.25, 0.3) is 0 Å². The quantitative estimate of drug-likeness (QED) is 0.909. The molecule has 2 aromatic rings. The first-order valence-electron chi connectivity index (χ1n) is 8.01. The van der Waals surface area contributed by atoms with E-state index in [0.717, 1.165) is 12.8 Å². The van der Waals surface area contributed by atoms with Crippen LogP contribution in [0.2, 0.25) is 0 Å². The lowest BCUT2D eigenvalue weighted by atomic mass is 9.96. The number of nitrogens with two attached hydrogens (primary N) is 1. The van der Waals surface area contributed by atoms with Crippen molar-refractivity contribution >= 4 is 11.9 Å². The van der Waals surface area contributed by atoms with Gasteiger partial charge in [-0.05, 0) is 37.1 Å². The minimum Gasteiger partial charge on any atom is -0.467 e. The molecule has 7 heteroatoms. The molecule has 3 amide bonds. The van der Waals surface area contributed by atoms with Crippen LogP contribution in [-0.4, -0.2) is 34.8 Å². The highest BCUT2D eigenvalue weighted by molar-refractivity contribution is 5.80. The van der Waals surface area contributed by atoms with E-state index in [0.29, 0.717) is 37.7 Å². The van der Waals surface area contributed by atoms with Crippen molar-refractivity contribution in [2.24, 2.45) is 11.7 Å². The Bertz CT molecular complexity index is 630. The van der Waals surface area contributed by atoms with Gasteiger partial charge >= 0.3 is 6.03 Å². The van der Waals surface area contributed by atoms with Gasteiger partial charge in [0, 0.05) is 13.1 Å². The number of hydrogen-bond acceptors (Lipinski definition) is 4. The predicted molar refractivity (Wildman–Crippen MR) is 85.6 cm³/mol. The molecule has 1 fully saturated rings. The summed E-state index contributed by atoms with van der Waals surface area (Å²) >= 11 is 0. The summed E-state index contributed by atoms with van der Waals surface area (Å²) in [6, 6.07) is 6.77. The first-order chi connectivity index (χ1) is 11.6. The second-order valence-electron chi connectivity index (χ2n) is 5.98. The summed E-state index contributed by atoms with van der Waals surface area (Å²) in [6.07, 6.45) is 4.69. The molecule has 0 aliphatic carbocycles. The number of piperidine rings is 1. The van der Waals surface area contributed by atoms with Crippen molar-refractivity contribution in [3.63, 3.8) is 0 Å². The summed E-state index contributed by atoms with van der Waals surface area (Å²) in [6.45, 7) is 1.69. The molecule has 7 nitrogen and oxygen atoms in total. The number of rotatable bonds is 5. The highest BCUT2D eigenvalue weighted by Crippen LogP contribution is 2.21. The number of amides is 3. The molecular formula is C17H21N3O4. The standard InChI is InChI=1S/C17H21N3O4/c18-17(22)19-7-1-4-13(10-19)16(21)20(11-14-5-2-8-23-14)12-15-6-3-9-24-15/h2-3,5-6,8-9,13H,1,4,7,10-12H2,(H2,18,22)/t13-/m1/s1. The fraction of sp³-hybridized carbons (Fsp3) is 0.412. The van der Waals surface area contributed by atoms with Crippen LogP contribution < -0.4 is 5.73 Å². The van der Waals surface area contributed by atoms with Crippen LogP contribution in [0.3, 0.4) is 0 Å². The Balaban J connectivity index is 1.73. The van der Waals surface area contributed by atoms with Crippen molar-refractivity contribution in [3.05, 3.63) is 48.3 Å². The molecule has 3 heterocycles. The average Bonchev–Trinajstić information content (AvgIpc) is 3.27. The second-order valence-corrected chi connectivity index (χ2v) is 5.98. The van der Waals surface area contributed by atoms with Crippen LogP contribution in [0.4, 0.5) is 4.79 Å². The first kappa shape index (κ1) is 16.2. The number of likely N-dealkylation sites (tertiary alicyclic amines) is 1. The molecule has 2 aromatic heterocycles. The normalized spacial score (nSPS) is 17.7. The third-order valence-electron chi connectivity index (χ3n) is 4.25. The highest BCUT2D eigenvalue weighted by Gasteiger charge is 2.31. The molecule has 128 valence electrons. The van der Waals surface area contributed by atoms with Gasteiger partial charge in [-0.2, -0.15) is 0 Å². The van der Waals surface area contributed by atoms with Crippen molar-refractivity contribution in [3.8, 4) is 0 Å². The number of nitrogens with zero attached hydrogens (tertiary/aromatic N) is 2. The fourth-order valence-electron chi connectivity index (χ4n) is 3.03. The van der Waals surface area contributed by atoms with Gasteiger partial charge < -0.3 is 24.4 Å². The zero-order chi connectivity index (χ0) is 16.9. The number of hydrogen-bond donors (Lipinski definition) is 1. The van der Waals surface area contributed by atoms with E-state index in [1.165, 1.54) is 4.90 Å². The fourth-order valence-corrected chi connectivity index (χ4v) is 3.03. The summed E-state index contributed by atoms with van der Waals surface area (Å²) in [5.41, 5.74) is 5.36. The van der Waals surface area contributed by atoms with Gasteiger partial charge in [0.15, 0.2) is 0 Å². The Kier molecular flexibility index (Phi) is 4.88. The maximum atomic E-state index is 13.0. The maximum absolute atomic E-state index is 13.0. The van der Waals surface area contributed by atoms with Gasteiger partial charge in [-0.3, -0.25) is 4.79 Å². The number of urea groups is 1. The highest BCUT2D eigenvalue weighted by atomic mass is 16.3. The van der Waals surface area contributed by atoms with E-state index in [9.17, 15) is 9.59 Å². The third-order valence-corrected chi connectivity index (χ3v) is 4.25. The van der Waals surface area contributed by atoms with E-state index < -0.39 is 6.03 Å². The molecule has 3 rings (SSSR count). The molecule has 0 unspecified atom stereocenters. The minimum atomic E-state index is -0.476. The molecule has 1 aliphatic heterocycles. The van der Waals surface area contributed by atoms with Crippen LogP contribution in [0.15, 0.2) is 45.6 Å². The van der Waals surface area contributed by atoms with E-state index >= 15 is 0 Å². The Morgan fingerprint density at radius 1 is 1.17 bits per heavy atom. The summed E-state index contributed by atoms with van der Waals surface area (Å²) in [5, 5.41) is 0. The van der Waals surface area contributed by atoms with E-state index in [4.69, 9.17) is 14.6 Å². The Morgan fingerprint density at radius 2 is 1.79 bits per heavy atom. The Labute approximate surface area is 140 Å². The lowest BCUT2D eigenvalue weighted by Crippen LogP contribution is -2.48. The van der Waals surface area contributed by atoms with E-state index in [1.807, 2.05) is 12.1 Å². The largest absolute Gasteiger partial charge is 0.467 e. The molecule has 24 heavy (non-hydrogen) atoms. The lowest BCUT2D eigenvalue weighted by molar-refractivity contribution is -0.138. The van der Waals surface area contributed by atoms with Crippen LogP contribution >= 0.6 is 0 Å². The van der Waals surface area contributed by atoms with Crippen LogP contribution in [-0.2, 0) is 17.9 Å². The monoisotopic (exact) mass is 331 g/mol. The number of furan rings is 2. The smallest absolute Gasteiger partial charge is 0.314 e. The van der Waals surface area contributed by atoms with E-state index in [1.54, 1.807) is 29.6 Å². The van der Waals surface area contributed by atoms with E-state index in [2.05, 4.69) is 0 Å². The second kappa shape index (κ2) is 7.25. The summed E-state index contributed by atoms with van der Waals surface area (Å²) in [4.78, 5) is 27.6. The van der Waals surface area contributed by atoms with Crippen molar-refractivity contribution in [1.82, 2.24) is 9.80 Å².